The van der Waals surface area contributed by atoms with Gasteiger partial charge >= 0.3 is 0 Å². The van der Waals surface area contributed by atoms with Crippen molar-refractivity contribution in [1.82, 2.24) is 20.1 Å². The molecule has 1 unspecified atom stereocenters. The SMILES string of the molecule is Cc1ccc(C2(Cn3cncn3)NCCS2)cc1. The van der Waals surface area contributed by atoms with Crippen LogP contribution in [0.2, 0.25) is 0 Å². The molecule has 0 amide bonds. The van der Waals surface area contributed by atoms with Gasteiger partial charge in [-0.2, -0.15) is 5.10 Å². The van der Waals surface area contributed by atoms with E-state index in [1.54, 1.807) is 12.7 Å². The van der Waals surface area contributed by atoms with E-state index in [0.29, 0.717) is 0 Å². The van der Waals surface area contributed by atoms with Crippen molar-refractivity contribution in [1.29, 1.82) is 0 Å². The topological polar surface area (TPSA) is 42.7 Å². The molecule has 0 aliphatic carbocycles. The van der Waals surface area contributed by atoms with Crippen LogP contribution in [0.1, 0.15) is 11.1 Å². The van der Waals surface area contributed by atoms with Crippen LogP contribution in [0.25, 0.3) is 0 Å². The maximum atomic E-state index is 4.22. The summed E-state index contributed by atoms with van der Waals surface area (Å²) < 4.78 is 1.89. The Morgan fingerprint density at radius 1 is 1.39 bits per heavy atom. The zero-order valence-corrected chi connectivity index (χ0v) is 11.2. The molecule has 3 rings (SSSR count). The third-order valence-corrected chi connectivity index (χ3v) is 4.64. The number of aryl methyl sites for hydroxylation is 1. The van der Waals surface area contributed by atoms with Crippen LogP contribution in [0.5, 0.6) is 0 Å². The van der Waals surface area contributed by atoms with Crippen molar-refractivity contribution >= 4 is 11.8 Å². The molecule has 1 N–H and O–H groups in total. The van der Waals surface area contributed by atoms with Gasteiger partial charge in [-0.25, -0.2) is 9.67 Å². The number of benzene rings is 1. The number of nitrogens with one attached hydrogen (secondary N) is 1. The Balaban J connectivity index is 1.93. The second-order valence-corrected chi connectivity index (χ2v) is 5.96. The number of nitrogens with zero attached hydrogens (tertiary/aromatic N) is 3. The summed E-state index contributed by atoms with van der Waals surface area (Å²) in [6.07, 6.45) is 3.36. The number of hydrogen-bond acceptors (Lipinski definition) is 4. The quantitative estimate of drug-likeness (QED) is 0.913. The van der Waals surface area contributed by atoms with Crippen LogP contribution in [0.15, 0.2) is 36.9 Å². The molecule has 0 bridgehead atoms. The Labute approximate surface area is 111 Å². The Hall–Kier alpha value is -1.33. The minimum Gasteiger partial charge on any atom is -0.297 e. The molecule has 1 aromatic heterocycles. The first-order valence-electron chi connectivity index (χ1n) is 6.07. The summed E-state index contributed by atoms with van der Waals surface area (Å²) in [7, 11) is 0. The molecule has 1 aliphatic rings. The van der Waals surface area contributed by atoms with Crippen molar-refractivity contribution < 1.29 is 0 Å². The molecule has 94 valence electrons. The van der Waals surface area contributed by atoms with Crippen LogP contribution >= 0.6 is 11.8 Å². The zero-order valence-electron chi connectivity index (χ0n) is 10.3. The van der Waals surface area contributed by atoms with E-state index in [2.05, 4.69) is 46.6 Å². The van der Waals surface area contributed by atoms with Gasteiger partial charge in [0.1, 0.15) is 17.5 Å². The monoisotopic (exact) mass is 260 g/mol. The average Bonchev–Trinajstić information content (AvgIpc) is 3.03. The minimum absolute atomic E-state index is 0.0681. The first-order valence-corrected chi connectivity index (χ1v) is 7.06. The Bertz CT molecular complexity index is 500. The van der Waals surface area contributed by atoms with Gasteiger partial charge in [-0.3, -0.25) is 5.32 Å². The lowest BCUT2D eigenvalue weighted by Gasteiger charge is -2.29. The molecule has 0 saturated carbocycles. The van der Waals surface area contributed by atoms with E-state index in [1.165, 1.54) is 11.1 Å². The molecule has 1 saturated heterocycles. The van der Waals surface area contributed by atoms with Crippen LogP contribution in [0.3, 0.4) is 0 Å². The molecular formula is C13H16N4S. The highest BCUT2D eigenvalue weighted by Gasteiger charge is 2.36. The number of rotatable bonds is 3. The standard InChI is InChI=1S/C13H16N4S/c1-11-2-4-12(5-3-11)13(15-6-7-18-13)8-17-10-14-9-16-17/h2-5,9-10,15H,6-8H2,1H3. The Morgan fingerprint density at radius 2 is 2.22 bits per heavy atom. The Morgan fingerprint density at radius 3 is 2.83 bits per heavy atom. The van der Waals surface area contributed by atoms with E-state index in [9.17, 15) is 0 Å². The maximum absolute atomic E-state index is 4.22. The highest BCUT2D eigenvalue weighted by molar-refractivity contribution is 8.00. The van der Waals surface area contributed by atoms with Crippen LogP contribution in [-0.2, 0) is 11.4 Å². The van der Waals surface area contributed by atoms with Crippen molar-refractivity contribution in [2.45, 2.75) is 18.3 Å². The Kier molecular flexibility index (Phi) is 3.09. The van der Waals surface area contributed by atoms with Gasteiger partial charge in [0.05, 0.1) is 6.54 Å². The molecule has 0 radical (unpaired) electrons. The summed E-state index contributed by atoms with van der Waals surface area (Å²) in [6.45, 7) is 3.96. The second kappa shape index (κ2) is 4.74. The predicted octanol–water partition coefficient (Wildman–Crippen LogP) is 1.78. The third-order valence-electron chi connectivity index (χ3n) is 3.23. The molecule has 2 heterocycles. The molecule has 1 atom stereocenters. The lowest BCUT2D eigenvalue weighted by molar-refractivity contribution is 0.421. The van der Waals surface area contributed by atoms with Gasteiger partial charge in [0.25, 0.3) is 0 Å². The van der Waals surface area contributed by atoms with Crippen molar-refractivity contribution in [2.75, 3.05) is 12.3 Å². The van der Waals surface area contributed by atoms with Gasteiger partial charge in [-0.05, 0) is 12.5 Å². The average molecular weight is 260 g/mol. The lowest BCUT2D eigenvalue weighted by atomic mass is 10.0. The number of aromatic nitrogens is 3. The van der Waals surface area contributed by atoms with Crippen LogP contribution in [-0.4, -0.2) is 27.1 Å². The molecule has 1 aliphatic heterocycles. The molecule has 1 aromatic carbocycles. The fourth-order valence-corrected chi connectivity index (χ4v) is 3.56. The molecule has 2 aromatic rings. The van der Waals surface area contributed by atoms with Gasteiger partial charge in [-0.15, -0.1) is 11.8 Å². The van der Waals surface area contributed by atoms with Crippen LogP contribution in [0.4, 0.5) is 0 Å². The van der Waals surface area contributed by atoms with Crippen molar-refractivity contribution in [2.24, 2.45) is 0 Å². The van der Waals surface area contributed by atoms with Gasteiger partial charge in [-0.1, -0.05) is 29.8 Å². The summed E-state index contributed by atoms with van der Waals surface area (Å²) in [6, 6.07) is 8.74. The molecule has 4 nitrogen and oxygen atoms in total. The second-order valence-electron chi connectivity index (χ2n) is 4.56. The smallest absolute Gasteiger partial charge is 0.137 e. The summed E-state index contributed by atoms with van der Waals surface area (Å²) in [5, 5.41) is 7.84. The first-order chi connectivity index (χ1) is 8.78. The number of hydrogen-bond donors (Lipinski definition) is 1. The lowest BCUT2D eigenvalue weighted by Crippen LogP contribution is -2.38. The highest BCUT2D eigenvalue weighted by Crippen LogP contribution is 2.38. The summed E-state index contributed by atoms with van der Waals surface area (Å²) >= 11 is 1.95. The van der Waals surface area contributed by atoms with Gasteiger partial charge in [0, 0.05) is 12.3 Å². The van der Waals surface area contributed by atoms with Crippen molar-refractivity contribution in [3.8, 4) is 0 Å². The van der Waals surface area contributed by atoms with Gasteiger partial charge in [0.2, 0.25) is 0 Å². The first kappa shape index (κ1) is 11.7. The van der Waals surface area contributed by atoms with E-state index in [0.717, 1.165) is 18.8 Å². The van der Waals surface area contributed by atoms with Crippen molar-refractivity contribution in [3.63, 3.8) is 0 Å². The maximum Gasteiger partial charge on any atom is 0.137 e. The fourth-order valence-electron chi connectivity index (χ4n) is 2.27. The molecule has 18 heavy (non-hydrogen) atoms. The summed E-state index contributed by atoms with van der Waals surface area (Å²) in [5.41, 5.74) is 2.60. The highest BCUT2D eigenvalue weighted by atomic mass is 32.2. The predicted molar refractivity (Wildman–Crippen MR) is 73.3 cm³/mol. The van der Waals surface area contributed by atoms with E-state index >= 15 is 0 Å². The van der Waals surface area contributed by atoms with Gasteiger partial charge < -0.3 is 0 Å². The van der Waals surface area contributed by atoms with Crippen LogP contribution < -0.4 is 5.32 Å². The normalized spacial score (nSPS) is 23.4. The summed E-state index contributed by atoms with van der Waals surface area (Å²) in [5.74, 6) is 1.13. The number of thioether (sulfide) groups is 1. The van der Waals surface area contributed by atoms with E-state index in [4.69, 9.17) is 0 Å². The molecule has 0 spiro atoms. The van der Waals surface area contributed by atoms with Crippen LogP contribution in [0, 0.1) is 6.92 Å². The van der Waals surface area contributed by atoms with Gasteiger partial charge in [0.15, 0.2) is 0 Å². The minimum atomic E-state index is -0.0681. The molecule has 1 fully saturated rings. The fraction of sp³-hybridized carbons (Fsp3) is 0.385. The van der Waals surface area contributed by atoms with E-state index < -0.39 is 0 Å². The van der Waals surface area contributed by atoms with Crippen molar-refractivity contribution in [3.05, 3.63) is 48.0 Å². The molecule has 5 heteroatoms. The van der Waals surface area contributed by atoms with E-state index in [-0.39, 0.29) is 4.87 Å². The summed E-state index contributed by atoms with van der Waals surface area (Å²) in [4.78, 5) is 3.95. The van der Waals surface area contributed by atoms with E-state index in [1.807, 2.05) is 16.4 Å². The molecular weight excluding hydrogens is 244 g/mol. The largest absolute Gasteiger partial charge is 0.297 e. The third kappa shape index (κ3) is 2.15. The zero-order chi connectivity index (χ0) is 12.4.